The van der Waals surface area contributed by atoms with Gasteiger partial charge in [-0.15, -0.1) is 0 Å². The van der Waals surface area contributed by atoms with E-state index in [1.54, 1.807) is 6.66 Å². The molecule has 0 spiro atoms. The molecule has 0 aliphatic heterocycles. The van der Waals surface area contributed by atoms with Crippen molar-refractivity contribution < 1.29 is 18.6 Å². The number of carbonyl (C=O) groups is 1. The SMILES string of the molecule is CCCC[C@H](N[C@@H](C)CC[P@@](C)(=O)OCC)C(=O)OC. The van der Waals surface area contributed by atoms with E-state index in [0.29, 0.717) is 19.2 Å². The maximum Gasteiger partial charge on any atom is 0.322 e. The number of esters is 1. The summed E-state index contributed by atoms with van der Waals surface area (Å²) in [4.78, 5) is 11.7. The van der Waals surface area contributed by atoms with E-state index in [0.717, 1.165) is 19.3 Å². The monoisotopic (exact) mass is 307 g/mol. The largest absolute Gasteiger partial charge is 0.468 e. The van der Waals surface area contributed by atoms with E-state index in [9.17, 15) is 9.36 Å². The Hall–Kier alpha value is -0.380. The van der Waals surface area contributed by atoms with E-state index in [-0.39, 0.29) is 18.1 Å². The highest BCUT2D eigenvalue weighted by Gasteiger charge is 2.22. The van der Waals surface area contributed by atoms with E-state index >= 15 is 0 Å². The van der Waals surface area contributed by atoms with Gasteiger partial charge in [0.2, 0.25) is 0 Å². The number of methoxy groups -OCH3 is 1. The molecule has 6 heteroatoms. The number of rotatable bonds is 11. The zero-order chi connectivity index (χ0) is 15.6. The minimum absolute atomic E-state index is 0.102. The third kappa shape index (κ3) is 8.72. The van der Waals surface area contributed by atoms with Gasteiger partial charge in [-0.3, -0.25) is 9.36 Å². The molecule has 0 bridgehead atoms. The Bertz CT molecular complexity index is 322. The van der Waals surface area contributed by atoms with Crippen LogP contribution in [-0.4, -0.2) is 44.6 Å². The van der Waals surface area contributed by atoms with Crippen LogP contribution in [0.2, 0.25) is 0 Å². The van der Waals surface area contributed by atoms with Gasteiger partial charge in [0.1, 0.15) is 6.04 Å². The molecule has 0 aliphatic rings. The summed E-state index contributed by atoms with van der Waals surface area (Å²) in [6.07, 6.45) is 4.02. The summed E-state index contributed by atoms with van der Waals surface area (Å²) in [5.41, 5.74) is 0. The van der Waals surface area contributed by atoms with Gasteiger partial charge in [0, 0.05) is 18.9 Å². The van der Waals surface area contributed by atoms with Gasteiger partial charge in [0.25, 0.3) is 0 Å². The summed E-state index contributed by atoms with van der Waals surface area (Å²) in [6, 6.07) is -0.178. The lowest BCUT2D eigenvalue weighted by molar-refractivity contribution is -0.143. The van der Waals surface area contributed by atoms with Crippen LogP contribution in [0, 0.1) is 0 Å². The molecule has 0 amide bonds. The second kappa shape index (κ2) is 10.4. The summed E-state index contributed by atoms with van der Waals surface area (Å²) in [5, 5.41) is 3.27. The van der Waals surface area contributed by atoms with Crippen molar-refractivity contribution in [1.29, 1.82) is 0 Å². The minimum atomic E-state index is -2.50. The normalized spacial score (nSPS) is 17.2. The van der Waals surface area contributed by atoms with Gasteiger partial charge in [-0.2, -0.15) is 0 Å². The van der Waals surface area contributed by atoms with Crippen molar-refractivity contribution in [3.8, 4) is 0 Å². The lowest BCUT2D eigenvalue weighted by Gasteiger charge is -2.22. The second-order valence-electron chi connectivity index (χ2n) is 5.23. The lowest BCUT2D eigenvalue weighted by Crippen LogP contribution is -2.43. The van der Waals surface area contributed by atoms with Crippen LogP contribution in [0.3, 0.4) is 0 Å². The first-order valence-electron chi connectivity index (χ1n) is 7.41. The summed E-state index contributed by atoms with van der Waals surface area (Å²) >= 11 is 0. The number of ether oxygens (including phenoxy) is 1. The highest BCUT2D eigenvalue weighted by atomic mass is 31.2. The van der Waals surface area contributed by atoms with E-state index in [2.05, 4.69) is 12.2 Å². The standard InChI is InChI=1S/C14H30NO4P/c1-6-8-9-13(14(16)18-4)15-12(3)10-11-20(5,17)19-7-2/h12-13,15H,6-11H2,1-5H3/t12-,13-,20-/m0/s1. The molecule has 1 N–H and O–H groups in total. The third-order valence-electron chi connectivity index (χ3n) is 3.19. The van der Waals surface area contributed by atoms with Gasteiger partial charge in [-0.05, 0) is 26.7 Å². The minimum Gasteiger partial charge on any atom is -0.468 e. The van der Waals surface area contributed by atoms with Crippen LogP contribution in [0.15, 0.2) is 0 Å². The molecular weight excluding hydrogens is 277 g/mol. The van der Waals surface area contributed by atoms with Crippen LogP contribution in [0.25, 0.3) is 0 Å². The van der Waals surface area contributed by atoms with E-state index < -0.39 is 7.37 Å². The first-order chi connectivity index (χ1) is 9.36. The average molecular weight is 307 g/mol. The van der Waals surface area contributed by atoms with Crippen molar-refractivity contribution >= 4 is 13.3 Å². The predicted molar refractivity (Wildman–Crippen MR) is 82.6 cm³/mol. The molecule has 0 fully saturated rings. The van der Waals surface area contributed by atoms with Gasteiger partial charge >= 0.3 is 5.97 Å². The van der Waals surface area contributed by atoms with Crippen LogP contribution in [-0.2, 0) is 18.6 Å². The number of nitrogens with one attached hydrogen (secondary N) is 1. The third-order valence-corrected chi connectivity index (χ3v) is 5.06. The average Bonchev–Trinajstić information content (AvgIpc) is 2.40. The Labute approximate surface area is 123 Å². The van der Waals surface area contributed by atoms with E-state index in [1.165, 1.54) is 7.11 Å². The zero-order valence-electron chi connectivity index (χ0n) is 13.5. The Morgan fingerprint density at radius 2 is 1.95 bits per heavy atom. The second-order valence-corrected chi connectivity index (χ2v) is 7.96. The number of hydrogen-bond donors (Lipinski definition) is 1. The molecule has 0 unspecified atom stereocenters. The van der Waals surface area contributed by atoms with E-state index in [4.69, 9.17) is 9.26 Å². The van der Waals surface area contributed by atoms with Crippen molar-refractivity contribution in [3.05, 3.63) is 0 Å². The fraction of sp³-hybridized carbons (Fsp3) is 0.929. The molecule has 0 aromatic carbocycles. The molecule has 3 atom stereocenters. The summed E-state index contributed by atoms with van der Waals surface area (Å²) in [6.45, 7) is 8.06. The smallest absolute Gasteiger partial charge is 0.322 e. The Kier molecular flexibility index (Phi) is 10.2. The molecule has 5 nitrogen and oxygen atoms in total. The molecule has 0 aliphatic carbocycles. The van der Waals surface area contributed by atoms with Gasteiger partial charge in [-0.25, -0.2) is 0 Å². The molecule has 0 saturated heterocycles. The molecular formula is C14H30NO4P. The zero-order valence-corrected chi connectivity index (χ0v) is 14.4. The predicted octanol–water partition coefficient (Wildman–Crippen LogP) is 3.03. The van der Waals surface area contributed by atoms with Crippen LogP contribution >= 0.6 is 7.37 Å². The molecule has 120 valence electrons. The molecule has 0 radical (unpaired) electrons. The van der Waals surface area contributed by atoms with Gasteiger partial charge < -0.3 is 14.6 Å². The van der Waals surface area contributed by atoms with Crippen molar-refractivity contribution in [3.63, 3.8) is 0 Å². The fourth-order valence-corrected chi connectivity index (χ4v) is 3.54. The van der Waals surface area contributed by atoms with Crippen molar-refractivity contribution in [1.82, 2.24) is 5.32 Å². The molecule has 0 rings (SSSR count). The number of carbonyl (C=O) groups excluding carboxylic acids is 1. The first kappa shape index (κ1) is 19.6. The Morgan fingerprint density at radius 3 is 2.45 bits per heavy atom. The molecule has 0 aromatic rings. The van der Waals surface area contributed by atoms with Crippen molar-refractivity contribution in [2.45, 2.75) is 58.5 Å². The van der Waals surface area contributed by atoms with Crippen molar-refractivity contribution in [2.24, 2.45) is 0 Å². The number of hydrogen-bond acceptors (Lipinski definition) is 5. The van der Waals surface area contributed by atoms with E-state index in [1.807, 2.05) is 13.8 Å². The van der Waals surface area contributed by atoms with Gasteiger partial charge in [0.05, 0.1) is 13.7 Å². The lowest BCUT2D eigenvalue weighted by atomic mass is 10.1. The molecule has 0 heterocycles. The highest BCUT2D eigenvalue weighted by molar-refractivity contribution is 7.58. The quantitative estimate of drug-likeness (QED) is 0.469. The van der Waals surface area contributed by atoms with Crippen LogP contribution in [0.1, 0.15) is 46.5 Å². The van der Waals surface area contributed by atoms with Gasteiger partial charge in [0.15, 0.2) is 7.37 Å². The maximum atomic E-state index is 12.0. The Balaban J connectivity index is 4.27. The molecule has 0 aromatic heterocycles. The number of unbranched alkanes of at least 4 members (excludes halogenated alkanes) is 1. The first-order valence-corrected chi connectivity index (χ1v) is 9.67. The highest BCUT2D eigenvalue weighted by Crippen LogP contribution is 2.43. The summed E-state index contributed by atoms with van der Waals surface area (Å²) in [7, 11) is -1.09. The summed E-state index contributed by atoms with van der Waals surface area (Å²) in [5.74, 6) is -0.227. The Morgan fingerprint density at radius 1 is 1.30 bits per heavy atom. The fourth-order valence-electron chi connectivity index (χ4n) is 2.01. The van der Waals surface area contributed by atoms with Gasteiger partial charge in [-0.1, -0.05) is 19.8 Å². The molecule has 0 saturated carbocycles. The summed E-state index contributed by atoms with van der Waals surface area (Å²) < 4.78 is 22.1. The topological polar surface area (TPSA) is 64.6 Å². The maximum absolute atomic E-state index is 12.0. The van der Waals surface area contributed by atoms with Crippen LogP contribution < -0.4 is 5.32 Å². The van der Waals surface area contributed by atoms with Crippen LogP contribution in [0.4, 0.5) is 0 Å². The van der Waals surface area contributed by atoms with Crippen molar-refractivity contribution in [2.75, 3.05) is 26.5 Å². The van der Waals surface area contributed by atoms with Crippen LogP contribution in [0.5, 0.6) is 0 Å². The molecule has 20 heavy (non-hydrogen) atoms.